The summed E-state index contributed by atoms with van der Waals surface area (Å²) in [4.78, 5) is 75.7. The molecule has 0 fully saturated rings. The normalized spacial score (nSPS) is 10.9. The third kappa shape index (κ3) is 23.2. The quantitative estimate of drug-likeness (QED) is 0.0216. The van der Waals surface area contributed by atoms with E-state index in [1.807, 2.05) is 73.7 Å². The van der Waals surface area contributed by atoms with Crippen LogP contribution in [0.2, 0.25) is 15.1 Å². The van der Waals surface area contributed by atoms with E-state index in [-0.39, 0.29) is 97.3 Å². The minimum Gasteiger partial charge on any atom is -0.497 e. The molecule has 0 radical (unpaired) electrons. The average molecular weight is 1790 g/mol. The van der Waals surface area contributed by atoms with Gasteiger partial charge in [0.2, 0.25) is 0 Å². The minimum absolute atomic E-state index is 0.00200. The second-order valence-electron chi connectivity index (χ2n) is 27.1. The highest BCUT2D eigenvalue weighted by Crippen LogP contribution is 2.37. The average Bonchev–Trinajstić information content (AvgIpc) is 1.70. The van der Waals surface area contributed by atoms with Crippen LogP contribution in [0.4, 0.5) is 13.2 Å². The van der Waals surface area contributed by atoms with Crippen molar-refractivity contribution in [2.45, 2.75) is 66.7 Å². The molecular weight excluding hydrogens is 1720 g/mol. The molecule has 0 unspecified atom stereocenters. The first-order valence-corrected chi connectivity index (χ1v) is 39.2. The van der Waals surface area contributed by atoms with Gasteiger partial charge in [0.15, 0.2) is 46.0 Å². The summed E-state index contributed by atoms with van der Waals surface area (Å²) >= 11 is 21.3. The van der Waals surface area contributed by atoms with Crippen LogP contribution in [0.3, 0.4) is 0 Å². The maximum atomic E-state index is 14.1. The molecule has 0 bridgehead atoms. The summed E-state index contributed by atoms with van der Waals surface area (Å²) in [6.07, 6.45) is 0. The van der Waals surface area contributed by atoms with Gasteiger partial charge in [0, 0.05) is 42.3 Å². The van der Waals surface area contributed by atoms with Gasteiger partial charge in [-0.25, -0.2) is 52.3 Å². The number of methoxy groups -OCH3 is 1. The van der Waals surface area contributed by atoms with Crippen molar-refractivity contribution in [1.82, 2.24) is 39.9 Å². The first-order chi connectivity index (χ1) is 59.3. The molecule has 123 heavy (non-hydrogen) atoms. The summed E-state index contributed by atoms with van der Waals surface area (Å²) < 4.78 is 93.9. The number of rotatable bonds is 29. The molecule has 0 saturated heterocycles. The smallest absolute Gasteiger partial charge is 0.335 e. The lowest BCUT2D eigenvalue weighted by Crippen LogP contribution is -2.05. The number of carboxylic acids is 4. The molecule has 32 heteroatoms. The Morgan fingerprint density at radius 2 is 0.724 bits per heavy atom. The summed E-state index contributed by atoms with van der Waals surface area (Å²) in [5.74, 6) is -0.154. The van der Waals surface area contributed by atoms with Crippen molar-refractivity contribution in [3.63, 3.8) is 0 Å². The van der Waals surface area contributed by atoms with Gasteiger partial charge >= 0.3 is 23.9 Å². The molecule has 0 aliphatic carbocycles. The van der Waals surface area contributed by atoms with Gasteiger partial charge in [-0.15, -0.1) is 0 Å². The molecule has 0 atom stereocenters. The van der Waals surface area contributed by atoms with E-state index in [1.165, 1.54) is 84.9 Å². The van der Waals surface area contributed by atoms with Gasteiger partial charge < -0.3 is 83.0 Å². The van der Waals surface area contributed by atoms with Crippen molar-refractivity contribution >= 4 is 119 Å². The van der Waals surface area contributed by atoms with Crippen molar-refractivity contribution in [2.75, 3.05) is 7.11 Å². The summed E-state index contributed by atoms with van der Waals surface area (Å²) in [7, 11) is 1.60. The fraction of sp³-hybridized carbons (Fsp3) is 0.121. The van der Waals surface area contributed by atoms with E-state index in [0.29, 0.717) is 100 Å². The van der Waals surface area contributed by atoms with Gasteiger partial charge in [-0.3, -0.25) is 0 Å². The highest BCUT2D eigenvalue weighted by Gasteiger charge is 2.21. The number of nitrogens with one attached hydrogen (secondary N) is 4. The fourth-order valence-corrected chi connectivity index (χ4v) is 13.0. The predicted octanol–water partition coefficient (Wildman–Crippen LogP) is 21.4. The largest absolute Gasteiger partial charge is 0.497 e. The van der Waals surface area contributed by atoms with E-state index in [0.717, 1.165) is 55.5 Å². The van der Waals surface area contributed by atoms with Crippen LogP contribution in [0.15, 0.2) is 235 Å². The van der Waals surface area contributed by atoms with E-state index in [9.17, 15) is 52.8 Å². The van der Waals surface area contributed by atoms with Gasteiger partial charge in [-0.1, -0.05) is 111 Å². The molecule has 626 valence electrons. The number of ether oxygens (including phenoxy) is 9. The third-order valence-corrected chi connectivity index (χ3v) is 19.7. The molecule has 16 rings (SSSR count). The maximum Gasteiger partial charge on any atom is 0.335 e. The number of H-pyrrole nitrogens is 4. The SMILES string of the molecule is COc1ccc2nc(COc3ccc(C(=O)O)cc3OCc3ccc(Cl)cc3Cl)[nH]c2c1.Cc1ccc(COc2cc(C(=O)O)ccc2OCc2nc3ccc(Cl)cc3[nH]2)c(F)c1.Cc1ccccc1COc1cc(C(=O)O)ccc1OCc1nc2ccccc2[nH]1.O=C(O)c1ccc(OCc2nc3ccc(F)cc3[nH]2)c(OCc2ccc(Br)cc2F)c1. The number of carbonyl (C=O) groups is 4. The Hall–Kier alpha value is -14.3. The van der Waals surface area contributed by atoms with Crippen molar-refractivity contribution < 1.29 is 95.4 Å². The summed E-state index contributed by atoms with van der Waals surface area (Å²) in [5.41, 5.74) is 10.6. The molecule has 0 saturated carbocycles. The van der Waals surface area contributed by atoms with Crippen molar-refractivity contribution in [3.05, 3.63) is 346 Å². The van der Waals surface area contributed by atoms with Gasteiger partial charge in [0.05, 0.1) is 73.5 Å². The Morgan fingerprint density at radius 3 is 1.18 bits per heavy atom. The van der Waals surface area contributed by atoms with Crippen LogP contribution in [0.1, 0.15) is 98.1 Å². The highest BCUT2D eigenvalue weighted by molar-refractivity contribution is 9.10. The second kappa shape index (κ2) is 40.2. The van der Waals surface area contributed by atoms with Gasteiger partial charge in [0.25, 0.3) is 0 Å². The first-order valence-electron chi connectivity index (χ1n) is 37.2. The lowest BCUT2D eigenvalue weighted by molar-refractivity contribution is 0.0685. The number of aromatic nitrogens is 8. The number of carboxylic acid groups (broad SMARTS) is 4. The van der Waals surface area contributed by atoms with Crippen molar-refractivity contribution in [2.24, 2.45) is 0 Å². The standard InChI is InChI=1S/C23H18Cl2N2O5.C23H18ClFN2O4.C23H20N2O4.C22H15BrF2N2O4/c1-30-16-5-6-18-19(10-16)27-22(26-18)12-32-20-7-3-13(23(28)29)8-21(20)31-11-14-2-4-15(24)9-17(14)25;1-13-2-3-15(17(25)8-13)11-30-21-9-14(23(28)29)4-7-20(21)31-12-22-26-18-6-5-16(24)10-19(18)27-22;1-15-6-2-3-7-17(15)13-28-21-12-16(23(26)27)10-11-20(21)29-14-22-24-18-8-4-5-9-19(18)25-22;23-14-3-1-13(16(25)8-14)10-30-20-7-12(22(28)29)2-6-19(20)31-11-21-26-17-5-4-15(24)9-18(17)27-21/h2-10H,11-12H2,1H3,(H,26,27)(H,28,29);2-10H,11-12H2,1H3,(H,26,27)(H,28,29);2-12H,13-14H2,1H3,(H,24,25)(H,26,27);1-9H,10-11H2,(H,26,27)(H,28,29). The molecule has 0 amide bonds. The molecule has 25 nitrogen and oxygen atoms in total. The highest BCUT2D eigenvalue weighted by atomic mass is 79.9. The number of aryl methyl sites for hydroxylation is 2. The Kier molecular flexibility index (Phi) is 28.3. The van der Waals surface area contributed by atoms with E-state index in [4.69, 9.17) is 77.4 Å². The molecule has 0 aliphatic heterocycles. The van der Waals surface area contributed by atoms with Crippen LogP contribution < -0.4 is 42.6 Å². The van der Waals surface area contributed by atoms with Gasteiger partial charge in [-0.05, 0) is 194 Å². The van der Waals surface area contributed by atoms with Crippen molar-refractivity contribution in [3.8, 4) is 51.7 Å². The number of fused-ring (bicyclic) bond motifs is 4. The number of aromatic amines is 4. The molecule has 12 aromatic carbocycles. The number of imidazole rings is 4. The van der Waals surface area contributed by atoms with Crippen LogP contribution in [-0.2, 0) is 52.9 Å². The van der Waals surface area contributed by atoms with Crippen LogP contribution in [0.5, 0.6) is 51.7 Å². The number of nitrogens with zero attached hydrogens (tertiary/aromatic N) is 4. The van der Waals surface area contributed by atoms with E-state index in [2.05, 4.69) is 55.8 Å². The van der Waals surface area contributed by atoms with E-state index >= 15 is 0 Å². The lowest BCUT2D eigenvalue weighted by atomic mass is 10.1. The Morgan fingerprint density at radius 1 is 0.350 bits per heavy atom. The third-order valence-electron chi connectivity index (χ3n) is 18.4. The molecular formula is C91H71BrCl3F3N8O17. The molecule has 4 heterocycles. The number of hydrogen-bond acceptors (Lipinski definition) is 17. The first kappa shape index (κ1) is 86.6. The Bertz CT molecular complexity index is 6340. The Labute approximate surface area is 721 Å². The van der Waals surface area contributed by atoms with Crippen LogP contribution in [-0.4, -0.2) is 91.3 Å². The predicted molar refractivity (Wildman–Crippen MR) is 457 cm³/mol. The summed E-state index contributed by atoms with van der Waals surface area (Å²) in [6, 6.07) is 62.5. The monoisotopic (exact) mass is 1790 g/mol. The molecule has 4 aromatic heterocycles. The van der Waals surface area contributed by atoms with E-state index in [1.54, 1.807) is 92.9 Å². The number of benzene rings is 12. The summed E-state index contributed by atoms with van der Waals surface area (Å²) in [5, 5.41) is 38.7. The summed E-state index contributed by atoms with van der Waals surface area (Å²) in [6.45, 7) is 4.46. The second-order valence-corrected chi connectivity index (χ2v) is 29.3. The van der Waals surface area contributed by atoms with Crippen molar-refractivity contribution in [1.29, 1.82) is 0 Å². The number of halogens is 7. The topological polar surface area (TPSA) is 347 Å². The van der Waals surface area contributed by atoms with Crippen LogP contribution in [0, 0.1) is 31.3 Å². The molecule has 0 spiro atoms. The number of para-hydroxylation sites is 2. The molecule has 8 N–H and O–H groups in total. The fourth-order valence-electron chi connectivity index (χ4n) is 12.0. The van der Waals surface area contributed by atoms with Crippen LogP contribution in [0.25, 0.3) is 44.1 Å². The molecule has 16 aromatic rings. The zero-order valence-electron chi connectivity index (χ0n) is 65.1. The lowest BCUT2D eigenvalue weighted by Gasteiger charge is -2.14. The maximum absolute atomic E-state index is 14.1. The van der Waals surface area contributed by atoms with Gasteiger partial charge in [-0.2, -0.15) is 0 Å². The number of hydrogen-bond donors (Lipinski definition) is 8. The zero-order chi connectivity index (χ0) is 86.8. The zero-order valence-corrected chi connectivity index (χ0v) is 69.0. The van der Waals surface area contributed by atoms with Crippen LogP contribution >= 0.6 is 50.7 Å². The van der Waals surface area contributed by atoms with Gasteiger partial charge in [0.1, 0.15) is 99.4 Å². The van der Waals surface area contributed by atoms with E-state index < -0.39 is 35.5 Å². The molecule has 0 aliphatic rings. The minimum atomic E-state index is -1.13. The number of aromatic carboxylic acids is 4. The Balaban J connectivity index is 0.000000141.